The number of nitrogens with zero attached hydrogens (tertiary/aromatic N) is 1. The summed E-state index contributed by atoms with van der Waals surface area (Å²) < 4.78 is 15.1. The van der Waals surface area contributed by atoms with Crippen LogP contribution in [0.5, 0.6) is 0 Å². The van der Waals surface area contributed by atoms with Crippen molar-refractivity contribution in [3.8, 4) is 0 Å². The number of aromatic nitrogens is 1. The fourth-order valence-corrected chi connectivity index (χ4v) is 4.61. The summed E-state index contributed by atoms with van der Waals surface area (Å²) in [5.74, 6) is 3.36. The molecule has 0 spiro atoms. The number of halogens is 1. The third kappa shape index (κ3) is 2.86. The van der Waals surface area contributed by atoms with Crippen LogP contribution in [0.3, 0.4) is 0 Å². The SMILES string of the molecule is C=S1C(=O)NC(=O)C1c1cccc2c1ccn2CCc1ccc(F)cc1. The Hall–Kier alpha value is -2.73. The van der Waals surface area contributed by atoms with Gasteiger partial charge in [0.2, 0.25) is 5.91 Å². The van der Waals surface area contributed by atoms with E-state index in [0.717, 1.165) is 35.0 Å². The van der Waals surface area contributed by atoms with Gasteiger partial charge in [-0.05, 0) is 41.8 Å². The van der Waals surface area contributed by atoms with Crippen LogP contribution in [-0.4, -0.2) is 21.6 Å². The average Bonchev–Trinajstić information content (AvgIpc) is 3.15. The number of hydrogen-bond acceptors (Lipinski definition) is 2. The number of amides is 2. The number of imide groups is 1. The number of nitrogens with one attached hydrogen (secondary N) is 1. The quantitative estimate of drug-likeness (QED) is 0.707. The van der Waals surface area contributed by atoms with Gasteiger partial charge in [-0.2, -0.15) is 0 Å². The lowest BCUT2D eigenvalue weighted by Crippen LogP contribution is -2.20. The minimum atomic E-state index is -0.913. The van der Waals surface area contributed by atoms with Gasteiger partial charge in [-0.15, -0.1) is 0 Å². The molecule has 132 valence electrons. The molecule has 1 aliphatic rings. The lowest BCUT2D eigenvalue weighted by Gasteiger charge is -2.11. The minimum absolute atomic E-state index is 0.238. The Morgan fingerprint density at radius 2 is 1.88 bits per heavy atom. The van der Waals surface area contributed by atoms with Gasteiger partial charge in [-0.1, -0.05) is 40.6 Å². The van der Waals surface area contributed by atoms with E-state index in [2.05, 4.69) is 15.8 Å². The molecule has 3 aromatic rings. The van der Waals surface area contributed by atoms with Crippen molar-refractivity contribution in [1.82, 2.24) is 9.88 Å². The smallest absolute Gasteiger partial charge is 0.280 e. The molecule has 26 heavy (non-hydrogen) atoms. The topological polar surface area (TPSA) is 51.1 Å². The van der Waals surface area contributed by atoms with Crippen LogP contribution in [-0.2, 0) is 17.8 Å². The number of rotatable bonds is 4. The van der Waals surface area contributed by atoms with Crippen LogP contribution in [0, 0.1) is 5.82 Å². The van der Waals surface area contributed by atoms with Crippen LogP contribution in [0.25, 0.3) is 10.9 Å². The largest absolute Gasteiger partial charge is 0.347 e. The van der Waals surface area contributed by atoms with Gasteiger partial charge >= 0.3 is 0 Å². The zero-order valence-corrected chi connectivity index (χ0v) is 14.8. The summed E-state index contributed by atoms with van der Waals surface area (Å²) in [6.45, 7) is 0.741. The van der Waals surface area contributed by atoms with Gasteiger partial charge in [0.1, 0.15) is 11.1 Å². The Morgan fingerprint density at radius 1 is 1.12 bits per heavy atom. The van der Waals surface area contributed by atoms with Crippen molar-refractivity contribution in [2.45, 2.75) is 18.2 Å². The summed E-state index contributed by atoms with van der Waals surface area (Å²) in [4.78, 5) is 24.0. The monoisotopic (exact) mass is 368 g/mol. The molecule has 6 heteroatoms. The second-order valence-electron chi connectivity index (χ2n) is 6.25. The molecule has 1 saturated heterocycles. The molecule has 0 aliphatic carbocycles. The predicted molar refractivity (Wildman–Crippen MR) is 103 cm³/mol. The second-order valence-corrected chi connectivity index (χ2v) is 7.95. The molecule has 4 nitrogen and oxygen atoms in total. The molecule has 1 aromatic heterocycles. The van der Waals surface area contributed by atoms with Crippen LogP contribution in [0.4, 0.5) is 9.18 Å². The Balaban J connectivity index is 1.65. The van der Waals surface area contributed by atoms with Crippen molar-refractivity contribution < 1.29 is 14.0 Å². The highest BCUT2D eigenvalue weighted by molar-refractivity contribution is 8.28. The molecule has 1 aliphatic heterocycles. The Labute approximate surface area is 152 Å². The molecule has 0 radical (unpaired) electrons. The molecule has 2 atom stereocenters. The minimum Gasteiger partial charge on any atom is -0.347 e. The highest BCUT2D eigenvalue weighted by Gasteiger charge is 2.36. The fraction of sp³-hybridized carbons (Fsp3) is 0.150. The van der Waals surface area contributed by atoms with Crippen LogP contribution >= 0.6 is 10.5 Å². The van der Waals surface area contributed by atoms with Crippen molar-refractivity contribution in [3.63, 3.8) is 0 Å². The van der Waals surface area contributed by atoms with Gasteiger partial charge < -0.3 is 4.57 Å². The number of hydrogen-bond donors (Lipinski definition) is 1. The van der Waals surface area contributed by atoms with E-state index in [9.17, 15) is 14.0 Å². The zero-order chi connectivity index (χ0) is 18.3. The molecule has 4 rings (SSSR count). The van der Waals surface area contributed by atoms with Gasteiger partial charge in [0.15, 0.2) is 0 Å². The second kappa shape index (κ2) is 6.53. The maximum Gasteiger partial charge on any atom is 0.280 e. The van der Waals surface area contributed by atoms with Crippen LogP contribution in [0.15, 0.2) is 54.7 Å². The van der Waals surface area contributed by atoms with Crippen molar-refractivity contribution >= 4 is 38.4 Å². The molecule has 0 bridgehead atoms. The highest BCUT2D eigenvalue weighted by Crippen LogP contribution is 2.42. The van der Waals surface area contributed by atoms with E-state index in [4.69, 9.17) is 0 Å². The maximum absolute atomic E-state index is 13.0. The van der Waals surface area contributed by atoms with E-state index in [1.54, 1.807) is 12.1 Å². The fourth-order valence-electron chi connectivity index (χ4n) is 3.33. The van der Waals surface area contributed by atoms with Crippen LogP contribution < -0.4 is 5.32 Å². The van der Waals surface area contributed by atoms with E-state index < -0.39 is 15.7 Å². The van der Waals surface area contributed by atoms with Crippen molar-refractivity contribution in [3.05, 3.63) is 71.7 Å². The van der Waals surface area contributed by atoms with E-state index in [0.29, 0.717) is 0 Å². The van der Waals surface area contributed by atoms with Gasteiger partial charge in [-0.3, -0.25) is 14.9 Å². The summed E-state index contributed by atoms with van der Waals surface area (Å²) in [7, 11) is -0.913. The third-order valence-electron chi connectivity index (χ3n) is 4.67. The first kappa shape index (κ1) is 16.7. The first-order chi connectivity index (χ1) is 12.5. The molecular formula is C20H17FN2O2S. The Bertz CT molecular complexity index is 1040. The summed E-state index contributed by atoms with van der Waals surface area (Å²) in [6.07, 6.45) is 2.75. The molecule has 2 heterocycles. The average molecular weight is 368 g/mol. The van der Waals surface area contributed by atoms with Crippen molar-refractivity contribution in [2.24, 2.45) is 0 Å². The van der Waals surface area contributed by atoms with Gasteiger partial charge in [0, 0.05) is 23.6 Å². The normalized spacial score (nSPS) is 19.9. The first-order valence-corrected chi connectivity index (χ1v) is 9.70. The number of aryl methyl sites for hydroxylation is 2. The lowest BCUT2D eigenvalue weighted by molar-refractivity contribution is -0.119. The molecule has 1 N–H and O–H groups in total. The van der Waals surface area contributed by atoms with Gasteiger partial charge in [0.05, 0.1) is 0 Å². The van der Waals surface area contributed by atoms with Crippen molar-refractivity contribution in [1.29, 1.82) is 0 Å². The predicted octanol–water partition coefficient (Wildman–Crippen LogP) is 4.01. The molecule has 0 saturated carbocycles. The Kier molecular flexibility index (Phi) is 4.20. The molecule has 1 fully saturated rings. The molecule has 2 amide bonds. The zero-order valence-electron chi connectivity index (χ0n) is 13.9. The van der Waals surface area contributed by atoms with Crippen molar-refractivity contribution in [2.75, 3.05) is 0 Å². The first-order valence-electron chi connectivity index (χ1n) is 8.24. The standard InChI is InChI=1S/C20H17FN2O2S/c1-26-18(19(24)22-20(26)25)16-3-2-4-17-15(16)10-12-23(17)11-9-13-5-7-14(21)8-6-13/h2-8,10,12,18H,1,9,11H2,(H,22,24,25). The third-order valence-corrected chi connectivity index (χ3v) is 6.29. The number of carbonyl (C=O) groups excluding carboxylic acids is 2. The van der Waals surface area contributed by atoms with E-state index in [-0.39, 0.29) is 17.0 Å². The summed E-state index contributed by atoms with van der Waals surface area (Å²) in [6, 6.07) is 14.3. The molecule has 2 unspecified atom stereocenters. The maximum atomic E-state index is 13.0. The highest BCUT2D eigenvalue weighted by atomic mass is 32.2. The summed E-state index contributed by atoms with van der Waals surface area (Å²) >= 11 is 0. The Morgan fingerprint density at radius 3 is 2.58 bits per heavy atom. The molecule has 2 aromatic carbocycles. The van der Waals surface area contributed by atoms with Gasteiger partial charge in [-0.25, -0.2) is 4.39 Å². The van der Waals surface area contributed by atoms with E-state index in [1.165, 1.54) is 12.1 Å². The number of carbonyl (C=O) groups is 2. The molecular weight excluding hydrogens is 351 g/mol. The van der Waals surface area contributed by atoms with Gasteiger partial charge in [0.25, 0.3) is 5.24 Å². The lowest BCUT2D eigenvalue weighted by atomic mass is 10.1. The summed E-state index contributed by atoms with van der Waals surface area (Å²) in [5, 5.41) is 2.51. The number of benzene rings is 2. The number of fused-ring (bicyclic) bond motifs is 1. The van der Waals surface area contributed by atoms with Crippen LogP contribution in [0.2, 0.25) is 0 Å². The van der Waals surface area contributed by atoms with Crippen LogP contribution in [0.1, 0.15) is 16.4 Å². The van der Waals surface area contributed by atoms with E-state index in [1.807, 2.05) is 30.5 Å². The summed E-state index contributed by atoms with van der Waals surface area (Å²) in [5.41, 5.74) is 2.91. The van der Waals surface area contributed by atoms with E-state index >= 15 is 0 Å².